The van der Waals surface area contributed by atoms with Gasteiger partial charge in [-0.3, -0.25) is 10.1 Å². The number of hydrogen-bond acceptors (Lipinski definition) is 5. The zero-order valence-corrected chi connectivity index (χ0v) is 10.9. The van der Waals surface area contributed by atoms with Gasteiger partial charge in [0.05, 0.1) is 12.0 Å². The lowest BCUT2D eigenvalue weighted by Gasteiger charge is -2.09. The van der Waals surface area contributed by atoms with E-state index < -0.39 is 4.92 Å². The largest absolute Gasteiger partial charge is 0.508 e. The van der Waals surface area contributed by atoms with Gasteiger partial charge in [-0.2, -0.15) is 0 Å². The quantitative estimate of drug-likeness (QED) is 0.646. The van der Waals surface area contributed by atoms with Gasteiger partial charge < -0.3 is 15.2 Å². The van der Waals surface area contributed by atoms with Gasteiger partial charge in [-0.1, -0.05) is 18.2 Å². The third-order valence-electron chi connectivity index (χ3n) is 2.85. The molecule has 0 heterocycles. The van der Waals surface area contributed by atoms with E-state index in [0.29, 0.717) is 12.2 Å². The van der Waals surface area contributed by atoms with Gasteiger partial charge in [0.15, 0.2) is 5.75 Å². The summed E-state index contributed by atoms with van der Waals surface area (Å²) in [5.74, 6) is 0.395. The van der Waals surface area contributed by atoms with Gasteiger partial charge in [0.25, 0.3) is 0 Å². The molecule has 104 valence electrons. The fourth-order valence-electron chi connectivity index (χ4n) is 1.80. The number of ether oxygens (including phenoxy) is 1. The number of benzene rings is 2. The van der Waals surface area contributed by atoms with Crippen molar-refractivity contribution >= 4 is 11.4 Å². The Morgan fingerprint density at radius 1 is 1.30 bits per heavy atom. The second kappa shape index (κ2) is 5.92. The molecule has 0 radical (unpaired) electrons. The van der Waals surface area contributed by atoms with Gasteiger partial charge in [0, 0.05) is 29.9 Å². The normalized spacial score (nSPS) is 10.1. The van der Waals surface area contributed by atoms with Crippen molar-refractivity contribution in [2.45, 2.75) is 6.54 Å². The molecule has 2 N–H and O–H groups in total. The molecule has 0 saturated heterocycles. The molecule has 2 rings (SSSR count). The third kappa shape index (κ3) is 2.97. The molecule has 0 amide bonds. The zero-order chi connectivity index (χ0) is 14.5. The monoisotopic (exact) mass is 274 g/mol. The third-order valence-corrected chi connectivity index (χ3v) is 2.85. The zero-order valence-electron chi connectivity index (χ0n) is 10.9. The average molecular weight is 274 g/mol. The molecule has 2 aromatic rings. The molecule has 0 atom stereocenters. The number of aromatic hydroxyl groups is 1. The predicted octanol–water partition coefficient (Wildman–Crippen LogP) is 2.92. The van der Waals surface area contributed by atoms with Crippen molar-refractivity contribution in [2.24, 2.45) is 0 Å². The van der Waals surface area contributed by atoms with E-state index >= 15 is 0 Å². The summed E-state index contributed by atoms with van der Waals surface area (Å²) in [5.41, 5.74) is 1.33. The number of nitro benzene ring substituents is 1. The highest BCUT2D eigenvalue weighted by Crippen LogP contribution is 2.30. The highest BCUT2D eigenvalue weighted by atomic mass is 16.6. The maximum atomic E-state index is 10.8. The summed E-state index contributed by atoms with van der Waals surface area (Å²) in [6.07, 6.45) is 0. The molecule has 20 heavy (non-hydrogen) atoms. The van der Waals surface area contributed by atoms with Crippen LogP contribution in [0.25, 0.3) is 0 Å². The van der Waals surface area contributed by atoms with Crippen LogP contribution in [-0.4, -0.2) is 17.1 Å². The van der Waals surface area contributed by atoms with Crippen LogP contribution in [-0.2, 0) is 6.54 Å². The number of para-hydroxylation sites is 1. The molecular formula is C14H14N2O4. The van der Waals surface area contributed by atoms with E-state index in [1.807, 2.05) is 6.07 Å². The molecule has 0 aliphatic carbocycles. The minimum Gasteiger partial charge on any atom is -0.508 e. The van der Waals surface area contributed by atoms with Crippen LogP contribution in [0.3, 0.4) is 0 Å². The number of nitrogens with one attached hydrogen (secondary N) is 1. The van der Waals surface area contributed by atoms with E-state index in [1.165, 1.54) is 13.2 Å². The smallest absolute Gasteiger partial charge is 0.311 e. The lowest BCUT2D eigenvalue weighted by atomic mass is 10.2. The van der Waals surface area contributed by atoms with Crippen molar-refractivity contribution in [1.29, 1.82) is 0 Å². The Morgan fingerprint density at radius 3 is 2.70 bits per heavy atom. The lowest BCUT2D eigenvalue weighted by Crippen LogP contribution is -2.01. The number of rotatable bonds is 5. The van der Waals surface area contributed by atoms with E-state index in [1.54, 1.807) is 30.3 Å². The molecule has 0 fully saturated rings. The lowest BCUT2D eigenvalue weighted by molar-refractivity contribution is -0.385. The Labute approximate surface area is 115 Å². The minimum atomic E-state index is -0.494. The second-order valence-corrected chi connectivity index (χ2v) is 4.13. The van der Waals surface area contributed by atoms with Crippen LogP contribution in [0.1, 0.15) is 5.56 Å². The van der Waals surface area contributed by atoms with Crippen LogP contribution in [0.4, 0.5) is 11.4 Å². The molecule has 0 aliphatic rings. The van der Waals surface area contributed by atoms with Gasteiger partial charge in [0.2, 0.25) is 0 Å². The van der Waals surface area contributed by atoms with Crippen molar-refractivity contribution in [2.75, 3.05) is 12.4 Å². The maximum Gasteiger partial charge on any atom is 0.311 e. The van der Waals surface area contributed by atoms with Crippen molar-refractivity contribution in [1.82, 2.24) is 0 Å². The Bertz CT molecular complexity index is 628. The maximum absolute atomic E-state index is 10.8. The van der Waals surface area contributed by atoms with E-state index in [-0.39, 0.29) is 17.2 Å². The summed E-state index contributed by atoms with van der Waals surface area (Å²) < 4.78 is 4.99. The number of phenolic OH excluding ortho intramolecular Hbond substituents is 1. The molecule has 0 bridgehead atoms. The molecule has 0 spiro atoms. The Balaban J connectivity index is 2.15. The van der Waals surface area contributed by atoms with E-state index in [2.05, 4.69) is 5.32 Å². The molecule has 0 aliphatic heterocycles. The molecule has 0 saturated carbocycles. The number of nitrogens with zero attached hydrogens (tertiary/aromatic N) is 1. The minimum absolute atomic E-state index is 0.0828. The fraction of sp³-hybridized carbons (Fsp3) is 0.143. The van der Waals surface area contributed by atoms with Crippen LogP contribution in [0.2, 0.25) is 0 Å². The first-order valence-corrected chi connectivity index (χ1v) is 5.95. The van der Waals surface area contributed by atoms with E-state index in [4.69, 9.17) is 4.74 Å². The molecular weight excluding hydrogens is 260 g/mol. The van der Waals surface area contributed by atoms with Crippen LogP contribution < -0.4 is 10.1 Å². The SMILES string of the molecule is COc1cc(NCc2ccccc2O)ccc1[N+](=O)[O-]. The van der Waals surface area contributed by atoms with Crippen LogP contribution >= 0.6 is 0 Å². The summed E-state index contributed by atoms with van der Waals surface area (Å²) in [7, 11) is 1.38. The Morgan fingerprint density at radius 2 is 2.05 bits per heavy atom. The number of anilines is 1. The second-order valence-electron chi connectivity index (χ2n) is 4.13. The van der Waals surface area contributed by atoms with Gasteiger partial charge in [0.1, 0.15) is 5.75 Å². The number of hydrogen-bond donors (Lipinski definition) is 2. The standard InChI is InChI=1S/C14H14N2O4/c1-20-14-8-11(6-7-12(14)16(18)19)15-9-10-4-2-3-5-13(10)17/h2-8,15,17H,9H2,1H3. The van der Waals surface area contributed by atoms with Gasteiger partial charge in [-0.25, -0.2) is 0 Å². The topological polar surface area (TPSA) is 84.6 Å². The van der Waals surface area contributed by atoms with Crippen LogP contribution in [0, 0.1) is 10.1 Å². The van der Waals surface area contributed by atoms with Gasteiger partial charge in [-0.05, 0) is 12.1 Å². The molecule has 6 nitrogen and oxygen atoms in total. The van der Waals surface area contributed by atoms with Crippen molar-refractivity contribution in [3.63, 3.8) is 0 Å². The van der Waals surface area contributed by atoms with Crippen molar-refractivity contribution in [3.05, 3.63) is 58.1 Å². The average Bonchev–Trinajstić information content (AvgIpc) is 2.46. The summed E-state index contributed by atoms with van der Waals surface area (Å²) in [4.78, 5) is 10.3. The first kappa shape index (κ1) is 13.7. The first-order chi connectivity index (χ1) is 9.61. The number of phenols is 1. The summed E-state index contributed by atoms with van der Waals surface area (Å²) in [5, 5.41) is 23.5. The molecule has 0 aromatic heterocycles. The molecule has 6 heteroatoms. The van der Waals surface area contributed by atoms with Gasteiger partial charge >= 0.3 is 5.69 Å². The van der Waals surface area contributed by atoms with E-state index in [0.717, 1.165) is 5.56 Å². The Kier molecular flexibility index (Phi) is 4.05. The van der Waals surface area contributed by atoms with Crippen molar-refractivity contribution in [3.8, 4) is 11.5 Å². The highest BCUT2D eigenvalue weighted by Gasteiger charge is 2.14. The highest BCUT2D eigenvalue weighted by molar-refractivity contribution is 5.58. The van der Waals surface area contributed by atoms with Crippen LogP contribution in [0.5, 0.6) is 11.5 Å². The summed E-state index contributed by atoms with van der Waals surface area (Å²) >= 11 is 0. The number of nitro groups is 1. The van der Waals surface area contributed by atoms with Crippen LogP contribution in [0.15, 0.2) is 42.5 Å². The van der Waals surface area contributed by atoms with Crippen molar-refractivity contribution < 1.29 is 14.8 Å². The molecule has 2 aromatic carbocycles. The predicted molar refractivity (Wildman–Crippen MR) is 75.1 cm³/mol. The molecule has 0 unspecified atom stereocenters. The first-order valence-electron chi connectivity index (χ1n) is 5.95. The van der Waals surface area contributed by atoms with Gasteiger partial charge in [-0.15, -0.1) is 0 Å². The number of methoxy groups -OCH3 is 1. The summed E-state index contributed by atoms with van der Waals surface area (Å²) in [6.45, 7) is 0.410. The van der Waals surface area contributed by atoms with E-state index in [9.17, 15) is 15.2 Å². The Hall–Kier alpha value is -2.76. The fourth-order valence-corrected chi connectivity index (χ4v) is 1.80. The summed E-state index contributed by atoms with van der Waals surface area (Å²) in [6, 6.07) is 11.5.